The second-order valence-corrected chi connectivity index (χ2v) is 10.7. The van der Waals surface area contributed by atoms with Crippen LogP contribution in [0.1, 0.15) is 112 Å². The van der Waals surface area contributed by atoms with Crippen LogP contribution in [-0.2, 0) is 6.54 Å². The first-order valence-electron chi connectivity index (χ1n) is 14.8. The number of unbranched alkanes of at least 4 members (excludes halogenated alkanes) is 8. The van der Waals surface area contributed by atoms with Crippen molar-refractivity contribution in [3.63, 3.8) is 0 Å². The van der Waals surface area contributed by atoms with Gasteiger partial charge in [0.15, 0.2) is 5.75 Å². The molecule has 0 aliphatic heterocycles. The first-order chi connectivity index (χ1) is 18.4. The van der Waals surface area contributed by atoms with Gasteiger partial charge in [0.2, 0.25) is 5.75 Å². The molecule has 0 saturated heterocycles. The Hall–Kier alpha value is -2.69. The fourth-order valence-electron chi connectivity index (χ4n) is 4.56. The second kappa shape index (κ2) is 17.8. The number of benzene rings is 1. The van der Waals surface area contributed by atoms with Crippen molar-refractivity contribution < 1.29 is 14.6 Å². The van der Waals surface area contributed by atoms with Crippen LogP contribution in [0.25, 0.3) is 10.9 Å². The van der Waals surface area contributed by atoms with Gasteiger partial charge in [-0.05, 0) is 64.7 Å². The van der Waals surface area contributed by atoms with E-state index in [2.05, 4.69) is 40.7 Å². The van der Waals surface area contributed by atoms with Crippen LogP contribution < -0.4 is 15.0 Å². The fourth-order valence-corrected chi connectivity index (χ4v) is 4.56. The second-order valence-electron chi connectivity index (χ2n) is 10.7. The van der Waals surface area contributed by atoms with Crippen molar-refractivity contribution in [1.82, 2.24) is 4.57 Å². The third kappa shape index (κ3) is 10.6. The lowest BCUT2D eigenvalue weighted by atomic mass is 10.1. The molecule has 1 aromatic heterocycles. The summed E-state index contributed by atoms with van der Waals surface area (Å²) in [5.41, 5.74) is 2.93. The molecule has 0 unspecified atom stereocenters. The average Bonchev–Trinajstić information content (AvgIpc) is 2.89. The number of hydrogen-bond donors (Lipinski definition) is 1. The number of aryl methyl sites for hydroxylation is 1. The fraction of sp³-hybridized carbons (Fsp3) is 0.606. The van der Waals surface area contributed by atoms with Crippen molar-refractivity contribution in [2.75, 3.05) is 13.2 Å². The molecule has 2 rings (SSSR count). The lowest BCUT2D eigenvalue weighted by Gasteiger charge is -2.16. The summed E-state index contributed by atoms with van der Waals surface area (Å²) in [5, 5.41) is 11.6. The van der Waals surface area contributed by atoms with E-state index in [0.717, 1.165) is 50.7 Å². The van der Waals surface area contributed by atoms with Crippen LogP contribution in [0.5, 0.6) is 17.2 Å². The zero-order valence-electron chi connectivity index (χ0n) is 24.6. The molecule has 0 amide bonds. The summed E-state index contributed by atoms with van der Waals surface area (Å²) in [6, 6.07) is 5.61. The molecule has 0 spiro atoms. The van der Waals surface area contributed by atoms with Gasteiger partial charge in [-0.3, -0.25) is 4.79 Å². The number of hydrogen-bond acceptors (Lipinski definition) is 4. The number of rotatable bonds is 19. The molecule has 0 aliphatic rings. The highest BCUT2D eigenvalue weighted by Gasteiger charge is 2.18. The van der Waals surface area contributed by atoms with Crippen molar-refractivity contribution in [3.8, 4) is 17.2 Å². The average molecular weight is 526 g/mol. The van der Waals surface area contributed by atoms with E-state index in [9.17, 15) is 9.90 Å². The van der Waals surface area contributed by atoms with E-state index >= 15 is 0 Å². The van der Waals surface area contributed by atoms with Crippen molar-refractivity contribution in [3.05, 3.63) is 51.9 Å². The molecule has 212 valence electrons. The quantitative estimate of drug-likeness (QED) is 0.147. The maximum absolute atomic E-state index is 13.5. The zero-order valence-corrected chi connectivity index (χ0v) is 24.6. The highest BCUT2D eigenvalue weighted by Crippen LogP contribution is 2.34. The third-order valence-corrected chi connectivity index (χ3v) is 6.92. The molecule has 0 aliphatic carbocycles. The van der Waals surface area contributed by atoms with Crippen molar-refractivity contribution in [2.24, 2.45) is 0 Å². The molecule has 0 radical (unpaired) electrons. The molecule has 5 heteroatoms. The summed E-state index contributed by atoms with van der Waals surface area (Å²) in [5.74, 6) is 0.672. The van der Waals surface area contributed by atoms with E-state index in [-0.39, 0.29) is 23.7 Å². The molecule has 0 saturated carbocycles. The van der Waals surface area contributed by atoms with E-state index in [1.807, 2.05) is 24.3 Å². The summed E-state index contributed by atoms with van der Waals surface area (Å²) in [6.07, 6.45) is 17.6. The first kappa shape index (κ1) is 31.5. The highest BCUT2D eigenvalue weighted by molar-refractivity contribution is 5.88. The van der Waals surface area contributed by atoms with Gasteiger partial charge in [-0.15, -0.1) is 0 Å². The third-order valence-electron chi connectivity index (χ3n) is 6.92. The molecular weight excluding hydrogens is 474 g/mol. The Balaban J connectivity index is 2.21. The van der Waals surface area contributed by atoms with E-state index in [1.165, 1.54) is 43.3 Å². The number of ether oxygens (including phenoxy) is 2. The van der Waals surface area contributed by atoms with Crippen LogP contribution in [0.15, 0.2) is 46.3 Å². The normalized spacial score (nSPS) is 11.7. The maximum atomic E-state index is 13.5. The molecule has 0 bridgehead atoms. The minimum Gasteiger partial charge on any atom is -0.504 e. The Morgan fingerprint density at radius 1 is 0.895 bits per heavy atom. The van der Waals surface area contributed by atoms with Gasteiger partial charge >= 0.3 is 0 Å². The number of pyridine rings is 1. The van der Waals surface area contributed by atoms with Crippen LogP contribution in [0.3, 0.4) is 0 Å². The van der Waals surface area contributed by atoms with Gasteiger partial charge in [0.25, 0.3) is 5.56 Å². The standard InChI is InChI=1S/C33H51NO4/c1-6-8-10-12-13-15-23-37-28-19-20-29-30(25-28)34(22-14-11-9-7-2)33(36)32(31(29)35)38-24-21-27(5)18-16-17-26(3)4/h17,19-21,25,35H,6-16,18,22-24H2,1-5H3/b27-21+. The van der Waals surface area contributed by atoms with E-state index in [4.69, 9.17) is 9.47 Å². The molecule has 0 fully saturated rings. The lowest BCUT2D eigenvalue weighted by Crippen LogP contribution is -2.23. The number of fused-ring (bicyclic) bond motifs is 1. The Kier molecular flexibility index (Phi) is 14.7. The number of allylic oxidation sites excluding steroid dienone is 3. The molecule has 0 atom stereocenters. The first-order valence-corrected chi connectivity index (χ1v) is 14.8. The lowest BCUT2D eigenvalue weighted by molar-refractivity contribution is 0.304. The summed E-state index contributed by atoms with van der Waals surface area (Å²) in [6.45, 7) is 12.2. The molecule has 1 heterocycles. The molecule has 38 heavy (non-hydrogen) atoms. The van der Waals surface area contributed by atoms with Crippen LogP contribution in [0, 0.1) is 0 Å². The van der Waals surface area contributed by atoms with Crippen molar-refractivity contribution in [1.29, 1.82) is 0 Å². The maximum Gasteiger partial charge on any atom is 0.297 e. The Bertz CT molecular complexity index is 1090. The van der Waals surface area contributed by atoms with Gasteiger partial charge in [-0.25, -0.2) is 0 Å². The van der Waals surface area contributed by atoms with Gasteiger partial charge in [-0.1, -0.05) is 82.4 Å². The Morgan fingerprint density at radius 2 is 1.58 bits per heavy atom. The van der Waals surface area contributed by atoms with Crippen LogP contribution in [0.2, 0.25) is 0 Å². The monoisotopic (exact) mass is 525 g/mol. The minimum atomic E-state index is -0.282. The summed E-state index contributed by atoms with van der Waals surface area (Å²) in [7, 11) is 0. The van der Waals surface area contributed by atoms with Crippen molar-refractivity contribution in [2.45, 2.75) is 118 Å². The zero-order chi connectivity index (χ0) is 27.8. The van der Waals surface area contributed by atoms with E-state index in [0.29, 0.717) is 24.1 Å². The predicted molar refractivity (Wildman–Crippen MR) is 161 cm³/mol. The van der Waals surface area contributed by atoms with Crippen LogP contribution >= 0.6 is 0 Å². The van der Waals surface area contributed by atoms with Crippen LogP contribution in [-0.4, -0.2) is 22.9 Å². The largest absolute Gasteiger partial charge is 0.504 e. The van der Waals surface area contributed by atoms with Gasteiger partial charge in [0.05, 0.1) is 12.1 Å². The summed E-state index contributed by atoms with van der Waals surface area (Å²) >= 11 is 0. The number of aromatic hydroxyl groups is 1. The predicted octanol–water partition coefficient (Wildman–Crippen LogP) is 9.10. The van der Waals surface area contributed by atoms with Gasteiger partial charge in [-0.2, -0.15) is 0 Å². The van der Waals surface area contributed by atoms with Gasteiger partial charge in [0, 0.05) is 18.0 Å². The Morgan fingerprint density at radius 3 is 2.29 bits per heavy atom. The van der Waals surface area contributed by atoms with Gasteiger partial charge in [0.1, 0.15) is 12.4 Å². The molecule has 1 N–H and O–H groups in total. The summed E-state index contributed by atoms with van der Waals surface area (Å²) < 4.78 is 13.7. The number of nitrogens with zero attached hydrogens (tertiary/aromatic N) is 1. The van der Waals surface area contributed by atoms with Gasteiger partial charge < -0.3 is 19.1 Å². The van der Waals surface area contributed by atoms with E-state index < -0.39 is 0 Å². The topological polar surface area (TPSA) is 60.7 Å². The van der Waals surface area contributed by atoms with Crippen molar-refractivity contribution >= 4 is 10.9 Å². The summed E-state index contributed by atoms with van der Waals surface area (Å²) in [4.78, 5) is 13.5. The minimum absolute atomic E-state index is 0.0297. The van der Waals surface area contributed by atoms with E-state index in [1.54, 1.807) is 4.57 Å². The molecule has 2 aromatic rings. The highest BCUT2D eigenvalue weighted by atomic mass is 16.5. The SMILES string of the molecule is CCCCCCCCOc1ccc2c(O)c(OC/C=C(\C)CCC=C(C)C)c(=O)n(CCCCCC)c2c1. The Labute approximate surface area is 230 Å². The van der Waals surface area contributed by atoms with Crippen LogP contribution in [0.4, 0.5) is 0 Å². The molecular formula is C33H51NO4. The smallest absolute Gasteiger partial charge is 0.297 e. The number of aromatic nitrogens is 1. The molecule has 5 nitrogen and oxygen atoms in total. The molecule has 1 aromatic carbocycles.